The number of anilines is 1. The lowest BCUT2D eigenvalue weighted by Gasteiger charge is -2.16. The number of aromatic hydroxyl groups is 2. The molecule has 1 unspecified atom stereocenters. The summed E-state index contributed by atoms with van der Waals surface area (Å²) in [5.74, 6) is -0.292. The number of nitrogens with two attached hydrogens (primary N) is 1. The number of aldehydes is 1. The molecule has 1 aliphatic heterocycles. The molecule has 0 spiro atoms. The topological polar surface area (TPSA) is 111 Å². The molecule has 0 bridgehead atoms. The van der Waals surface area contributed by atoms with Crippen LogP contribution in [0.1, 0.15) is 17.5 Å². The van der Waals surface area contributed by atoms with E-state index < -0.39 is 0 Å². The van der Waals surface area contributed by atoms with Crippen molar-refractivity contribution in [1.29, 1.82) is 0 Å². The summed E-state index contributed by atoms with van der Waals surface area (Å²) in [4.78, 5) is 10.8. The second-order valence-corrected chi connectivity index (χ2v) is 7.36. The largest absolute Gasteiger partial charge is 0.508 e. The Morgan fingerprint density at radius 2 is 2.00 bits per heavy atom. The summed E-state index contributed by atoms with van der Waals surface area (Å²) in [5, 5.41) is 22.2. The summed E-state index contributed by atoms with van der Waals surface area (Å²) in [7, 11) is 1.50. The highest BCUT2D eigenvalue weighted by atomic mass is 32.2. The van der Waals surface area contributed by atoms with Gasteiger partial charge in [0.25, 0.3) is 0 Å². The number of carbonyl (C=O) groups excluding carboxylic acids is 1. The van der Waals surface area contributed by atoms with E-state index in [0.29, 0.717) is 36.4 Å². The molecular weight excluding hydrogens is 395 g/mol. The quantitative estimate of drug-likeness (QED) is 0.326. The Morgan fingerprint density at radius 1 is 1.24 bits per heavy atom. The summed E-state index contributed by atoms with van der Waals surface area (Å²) >= 11 is 1.31. The molecule has 1 heterocycles. The van der Waals surface area contributed by atoms with E-state index in [2.05, 4.69) is 15.8 Å². The molecular formula is C20H27FN4O3S. The minimum absolute atomic E-state index is 0.00367. The molecule has 2 aromatic carbocycles. The molecule has 0 amide bonds. The lowest BCUT2D eigenvalue weighted by atomic mass is 10.1. The molecule has 9 heteroatoms. The maximum Gasteiger partial charge on any atom is 0.151 e. The van der Waals surface area contributed by atoms with Crippen molar-refractivity contribution in [2.75, 3.05) is 24.9 Å². The number of halogens is 1. The first-order valence-electron chi connectivity index (χ1n) is 9.26. The van der Waals surface area contributed by atoms with Gasteiger partial charge >= 0.3 is 0 Å². The molecule has 29 heavy (non-hydrogen) atoms. The third-order valence-corrected chi connectivity index (χ3v) is 5.34. The van der Waals surface area contributed by atoms with E-state index in [0.717, 1.165) is 19.3 Å². The van der Waals surface area contributed by atoms with Gasteiger partial charge in [0.1, 0.15) is 17.8 Å². The van der Waals surface area contributed by atoms with Crippen LogP contribution in [-0.4, -0.2) is 40.9 Å². The first-order chi connectivity index (χ1) is 14.1. The molecule has 0 aromatic heterocycles. The van der Waals surface area contributed by atoms with E-state index in [4.69, 9.17) is 0 Å². The van der Waals surface area contributed by atoms with Gasteiger partial charge in [0.05, 0.1) is 5.69 Å². The third kappa shape index (κ3) is 6.60. The van der Waals surface area contributed by atoms with Gasteiger partial charge in [-0.2, -0.15) is 0 Å². The molecule has 1 fully saturated rings. The van der Waals surface area contributed by atoms with E-state index in [-0.39, 0.29) is 23.2 Å². The Labute approximate surface area is 174 Å². The minimum Gasteiger partial charge on any atom is -0.508 e. The van der Waals surface area contributed by atoms with E-state index in [9.17, 15) is 19.4 Å². The Hall–Kier alpha value is -2.33. The van der Waals surface area contributed by atoms with Gasteiger partial charge in [-0.3, -0.25) is 0 Å². The van der Waals surface area contributed by atoms with Gasteiger partial charge in [-0.05, 0) is 25.6 Å². The zero-order valence-electron chi connectivity index (χ0n) is 16.3. The average molecular weight is 423 g/mol. The average Bonchev–Trinajstić information content (AvgIpc) is 3.19. The predicted octanol–water partition coefficient (Wildman–Crippen LogP) is 2.60. The number of phenolic OH excluding ortho intramolecular Hbond substituents is 2. The first kappa shape index (κ1) is 23.0. The van der Waals surface area contributed by atoms with Crippen molar-refractivity contribution < 1.29 is 19.4 Å². The van der Waals surface area contributed by atoms with Gasteiger partial charge in [0.2, 0.25) is 0 Å². The molecule has 6 N–H and O–H groups in total. The first-order valence-corrected chi connectivity index (χ1v) is 10.0. The van der Waals surface area contributed by atoms with Gasteiger partial charge in [-0.15, -0.1) is 0 Å². The molecule has 0 saturated carbocycles. The second-order valence-electron chi connectivity index (χ2n) is 6.46. The van der Waals surface area contributed by atoms with Crippen LogP contribution in [0.4, 0.5) is 10.1 Å². The van der Waals surface area contributed by atoms with E-state index >= 15 is 0 Å². The van der Waals surface area contributed by atoms with Crippen molar-refractivity contribution in [2.24, 2.45) is 11.7 Å². The number of hydrogen-bond acceptors (Lipinski definition) is 8. The van der Waals surface area contributed by atoms with E-state index in [1.54, 1.807) is 24.3 Å². The predicted molar refractivity (Wildman–Crippen MR) is 114 cm³/mol. The number of benzene rings is 2. The number of hydrogen-bond donors (Lipinski definition) is 5. The van der Waals surface area contributed by atoms with Crippen molar-refractivity contribution in [3.05, 3.63) is 53.3 Å². The molecule has 1 aliphatic rings. The Kier molecular flexibility index (Phi) is 9.20. The van der Waals surface area contributed by atoms with Crippen LogP contribution < -0.4 is 15.8 Å². The minimum atomic E-state index is -0.335. The molecule has 0 radical (unpaired) electrons. The Morgan fingerprint density at radius 3 is 2.69 bits per heavy atom. The lowest BCUT2D eigenvalue weighted by Crippen LogP contribution is -2.16. The number of carbonyl (C=O) groups is 1. The van der Waals surface area contributed by atoms with Crippen LogP contribution in [0, 0.1) is 11.7 Å². The highest BCUT2D eigenvalue weighted by molar-refractivity contribution is 7.98. The van der Waals surface area contributed by atoms with E-state index in [1.165, 1.54) is 31.3 Å². The number of phenols is 2. The number of nitrogens with one attached hydrogen (secondary N) is 2. The summed E-state index contributed by atoms with van der Waals surface area (Å²) in [6.07, 6.45) is 1.80. The van der Waals surface area contributed by atoms with Crippen LogP contribution >= 0.6 is 12.1 Å². The zero-order chi connectivity index (χ0) is 21.2. The fourth-order valence-electron chi connectivity index (χ4n) is 2.89. The SMILES string of the molecule is CN.O=CC1CCN(SNc2cccc(CNCc3ccc(O)cc3O)c2F)C1. The van der Waals surface area contributed by atoms with Crippen molar-refractivity contribution >= 4 is 24.1 Å². The van der Waals surface area contributed by atoms with Gasteiger partial charge in [0.15, 0.2) is 5.82 Å². The van der Waals surface area contributed by atoms with Crippen LogP contribution in [0.2, 0.25) is 0 Å². The Balaban J connectivity index is 0.00000145. The molecule has 0 aliphatic carbocycles. The number of rotatable bonds is 8. The summed E-state index contributed by atoms with van der Waals surface area (Å²) < 4.78 is 19.7. The van der Waals surface area contributed by atoms with Crippen LogP contribution in [0.3, 0.4) is 0 Å². The second kappa shape index (κ2) is 11.6. The third-order valence-electron chi connectivity index (χ3n) is 4.44. The summed E-state index contributed by atoms with van der Waals surface area (Å²) in [6, 6.07) is 9.53. The fourth-order valence-corrected chi connectivity index (χ4v) is 3.74. The summed E-state index contributed by atoms with van der Waals surface area (Å²) in [6.45, 7) is 2.10. The van der Waals surface area contributed by atoms with Crippen molar-refractivity contribution in [1.82, 2.24) is 9.62 Å². The van der Waals surface area contributed by atoms with Crippen LogP contribution in [0.25, 0.3) is 0 Å². The van der Waals surface area contributed by atoms with Crippen molar-refractivity contribution in [2.45, 2.75) is 19.5 Å². The van der Waals surface area contributed by atoms with Crippen molar-refractivity contribution in [3.8, 4) is 11.5 Å². The highest BCUT2D eigenvalue weighted by Gasteiger charge is 2.22. The number of nitrogens with zero attached hydrogens (tertiary/aromatic N) is 1. The molecule has 1 atom stereocenters. The van der Waals surface area contributed by atoms with Gasteiger partial charge < -0.3 is 30.8 Å². The summed E-state index contributed by atoms with van der Waals surface area (Å²) in [5.41, 5.74) is 6.02. The van der Waals surface area contributed by atoms with Gasteiger partial charge in [-0.25, -0.2) is 8.70 Å². The van der Waals surface area contributed by atoms with Crippen LogP contribution in [0.15, 0.2) is 36.4 Å². The Bertz CT molecular complexity index is 809. The molecule has 158 valence electrons. The molecule has 3 rings (SSSR count). The molecule has 7 nitrogen and oxygen atoms in total. The normalized spacial score (nSPS) is 16.2. The van der Waals surface area contributed by atoms with Crippen LogP contribution in [0.5, 0.6) is 11.5 Å². The lowest BCUT2D eigenvalue weighted by molar-refractivity contribution is -0.110. The maximum absolute atomic E-state index is 14.7. The van der Waals surface area contributed by atoms with Crippen LogP contribution in [-0.2, 0) is 17.9 Å². The van der Waals surface area contributed by atoms with Crippen molar-refractivity contribution in [3.63, 3.8) is 0 Å². The van der Waals surface area contributed by atoms with E-state index in [1.807, 2.05) is 4.31 Å². The monoisotopic (exact) mass is 422 g/mol. The zero-order valence-corrected chi connectivity index (χ0v) is 17.1. The maximum atomic E-state index is 14.7. The standard InChI is InChI=1S/C19H22FN3O3S.CH5N/c20-19-15(10-21-9-14-4-5-16(25)8-18(14)26)2-1-3-17(19)22-27-23-7-6-13(11-23)12-24;1-2/h1-5,8,12-13,21-22,25-26H,6-7,9-11H2;2H2,1H3. The molecule has 2 aromatic rings. The highest BCUT2D eigenvalue weighted by Crippen LogP contribution is 2.27. The smallest absolute Gasteiger partial charge is 0.151 e. The molecule has 1 saturated heterocycles. The van der Waals surface area contributed by atoms with Gasteiger partial charge in [-0.1, -0.05) is 18.2 Å². The fraction of sp³-hybridized carbons (Fsp3) is 0.350. The van der Waals surface area contributed by atoms with Gasteiger partial charge in [0, 0.05) is 61.4 Å².